The van der Waals surface area contributed by atoms with Crippen molar-refractivity contribution in [1.82, 2.24) is 4.98 Å². The van der Waals surface area contributed by atoms with Crippen molar-refractivity contribution in [2.75, 3.05) is 20.8 Å². The number of aromatic nitrogens is 1. The third kappa shape index (κ3) is 2.59. The van der Waals surface area contributed by atoms with Gasteiger partial charge in [0, 0.05) is 5.56 Å². The molecule has 1 heterocycles. The van der Waals surface area contributed by atoms with Gasteiger partial charge in [0.15, 0.2) is 17.9 Å². The van der Waals surface area contributed by atoms with Crippen molar-refractivity contribution in [3.05, 3.63) is 30.4 Å². The lowest BCUT2D eigenvalue weighted by molar-refractivity contribution is 0.0491. The summed E-state index contributed by atoms with van der Waals surface area (Å²) in [6.45, 7) is 2.00. The van der Waals surface area contributed by atoms with Crippen molar-refractivity contribution in [1.29, 1.82) is 0 Å². The molecule has 0 aliphatic rings. The monoisotopic (exact) mass is 277 g/mol. The maximum atomic E-state index is 11.8. The number of carbonyl (C=O) groups excluding carboxylic acids is 1. The molecule has 2 rings (SSSR count). The molecule has 0 aliphatic carbocycles. The third-order valence-corrected chi connectivity index (χ3v) is 2.69. The van der Waals surface area contributed by atoms with E-state index in [0.29, 0.717) is 22.8 Å². The van der Waals surface area contributed by atoms with Crippen molar-refractivity contribution < 1.29 is 23.4 Å². The number of nitrogens with zero attached hydrogens (tertiary/aromatic N) is 1. The molecule has 0 spiro atoms. The quantitative estimate of drug-likeness (QED) is 0.782. The minimum absolute atomic E-state index is 0.0686. The summed E-state index contributed by atoms with van der Waals surface area (Å²) in [7, 11) is 3.09. The molecular weight excluding hydrogens is 262 g/mol. The summed E-state index contributed by atoms with van der Waals surface area (Å²) < 4.78 is 20.4. The molecule has 0 bridgehead atoms. The van der Waals surface area contributed by atoms with Gasteiger partial charge < -0.3 is 18.6 Å². The Hall–Kier alpha value is -2.50. The largest absolute Gasteiger partial charge is 0.493 e. The van der Waals surface area contributed by atoms with E-state index < -0.39 is 5.97 Å². The maximum absolute atomic E-state index is 11.8. The van der Waals surface area contributed by atoms with Gasteiger partial charge in [0.05, 0.1) is 20.8 Å². The SMILES string of the molecule is CCOC(=O)c1ocnc1-c1ccc(OC)c(OC)c1. The van der Waals surface area contributed by atoms with Gasteiger partial charge in [0.2, 0.25) is 5.76 Å². The van der Waals surface area contributed by atoms with E-state index in [-0.39, 0.29) is 12.4 Å². The Morgan fingerprint density at radius 3 is 2.65 bits per heavy atom. The second-order valence-corrected chi connectivity index (χ2v) is 3.82. The van der Waals surface area contributed by atoms with Crippen LogP contribution in [0.15, 0.2) is 29.0 Å². The Labute approximate surface area is 116 Å². The number of benzene rings is 1. The number of oxazole rings is 1. The molecule has 0 saturated heterocycles. The van der Waals surface area contributed by atoms with Crippen LogP contribution in [0.2, 0.25) is 0 Å². The van der Waals surface area contributed by atoms with E-state index in [1.54, 1.807) is 32.2 Å². The van der Waals surface area contributed by atoms with E-state index >= 15 is 0 Å². The highest BCUT2D eigenvalue weighted by molar-refractivity contribution is 5.93. The predicted octanol–water partition coefficient (Wildman–Crippen LogP) is 2.54. The van der Waals surface area contributed by atoms with Crippen molar-refractivity contribution in [3.63, 3.8) is 0 Å². The fraction of sp³-hybridized carbons (Fsp3) is 0.286. The molecule has 0 atom stereocenters. The van der Waals surface area contributed by atoms with Gasteiger partial charge in [-0.15, -0.1) is 0 Å². The van der Waals surface area contributed by atoms with Crippen molar-refractivity contribution in [3.8, 4) is 22.8 Å². The van der Waals surface area contributed by atoms with Crippen LogP contribution < -0.4 is 9.47 Å². The number of methoxy groups -OCH3 is 2. The Morgan fingerprint density at radius 2 is 2.00 bits per heavy atom. The van der Waals surface area contributed by atoms with E-state index in [2.05, 4.69) is 4.98 Å². The lowest BCUT2D eigenvalue weighted by atomic mass is 10.1. The molecule has 20 heavy (non-hydrogen) atoms. The summed E-state index contributed by atoms with van der Waals surface area (Å²) in [6.07, 6.45) is 1.21. The summed E-state index contributed by atoms with van der Waals surface area (Å²) in [4.78, 5) is 15.8. The van der Waals surface area contributed by atoms with E-state index in [4.69, 9.17) is 18.6 Å². The molecule has 1 aromatic heterocycles. The number of carbonyl (C=O) groups is 1. The zero-order valence-electron chi connectivity index (χ0n) is 11.5. The molecule has 0 saturated carbocycles. The topological polar surface area (TPSA) is 70.8 Å². The van der Waals surface area contributed by atoms with E-state index in [1.807, 2.05) is 0 Å². The first-order valence-corrected chi connectivity index (χ1v) is 6.04. The Bertz CT molecular complexity index is 605. The van der Waals surface area contributed by atoms with Crippen LogP contribution in [0.25, 0.3) is 11.3 Å². The summed E-state index contributed by atoms with van der Waals surface area (Å²) in [5, 5.41) is 0. The molecule has 0 N–H and O–H groups in total. The number of ether oxygens (including phenoxy) is 3. The molecule has 6 heteroatoms. The number of hydrogen-bond donors (Lipinski definition) is 0. The van der Waals surface area contributed by atoms with Crippen LogP contribution in [-0.4, -0.2) is 31.8 Å². The fourth-order valence-electron chi connectivity index (χ4n) is 1.78. The first kappa shape index (κ1) is 13.9. The molecule has 0 fully saturated rings. The minimum Gasteiger partial charge on any atom is -0.493 e. The Kier molecular flexibility index (Phi) is 4.24. The molecule has 0 amide bonds. The Balaban J connectivity index is 2.42. The minimum atomic E-state index is -0.546. The first-order chi connectivity index (χ1) is 9.71. The van der Waals surface area contributed by atoms with Crippen LogP contribution in [0, 0.1) is 0 Å². The Morgan fingerprint density at radius 1 is 1.25 bits per heavy atom. The standard InChI is InChI=1S/C14H15NO5/c1-4-19-14(16)13-12(15-8-20-13)9-5-6-10(17-2)11(7-9)18-3/h5-8H,4H2,1-3H3. The van der Waals surface area contributed by atoms with Gasteiger partial charge in [-0.2, -0.15) is 0 Å². The van der Waals surface area contributed by atoms with Crippen LogP contribution in [0.5, 0.6) is 11.5 Å². The molecule has 0 unspecified atom stereocenters. The van der Waals surface area contributed by atoms with Gasteiger partial charge in [-0.1, -0.05) is 0 Å². The highest BCUT2D eigenvalue weighted by Gasteiger charge is 2.20. The van der Waals surface area contributed by atoms with Gasteiger partial charge in [-0.25, -0.2) is 9.78 Å². The zero-order chi connectivity index (χ0) is 14.5. The predicted molar refractivity (Wildman–Crippen MR) is 71.0 cm³/mol. The van der Waals surface area contributed by atoms with Crippen molar-refractivity contribution in [2.45, 2.75) is 6.92 Å². The molecule has 0 aliphatic heterocycles. The first-order valence-electron chi connectivity index (χ1n) is 6.04. The lowest BCUT2D eigenvalue weighted by Crippen LogP contribution is -2.05. The summed E-state index contributed by atoms with van der Waals surface area (Å²) in [5.41, 5.74) is 1.09. The highest BCUT2D eigenvalue weighted by atomic mass is 16.5. The van der Waals surface area contributed by atoms with E-state index in [9.17, 15) is 4.79 Å². The smallest absolute Gasteiger partial charge is 0.376 e. The van der Waals surface area contributed by atoms with Gasteiger partial charge in [-0.3, -0.25) is 0 Å². The van der Waals surface area contributed by atoms with Gasteiger partial charge in [-0.05, 0) is 25.1 Å². The van der Waals surface area contributed by atoms with Crippen LogP contribution >= 0.6 is 0 Å². The average Bonchev–Trinajstić information content (AvgIpc) is 2.96. The number of esters is 1. The van der Waals surface area contributed by atoms with Crippen molar-refractivity contribution in [2.24, 2.45) is 0 Å². The maximum Gasteiger partial charge on any atom is 0.376 e. The lowest BCUT2D eigenvalue weighted by Gasteiger charge is -2.08. The molecule has 2 aromatic rings. The van der Waals surface area contributed by atoms with Crippen LogP contribution in [0.4, 0.5) is 0 Å². The van der Waals surface area contributed by atoms with Crippen LogP contribution in [0.3, 0.4) is 0 Å². The highest BCUT2D eigenvalue weighted by Crippen LogP contribution is 2.33. The average molecular weight is 277 g/mol. The number of rotatable bonds is 5. The molecule has 1 aromatic carbocycles. The summed E-state index contributed by atoms with van der Waals surface area (Å²) >= 11 is 0. The fourth-order valence-corrected chi connectivity index (χ4v) is 1.78. The van der Waals surface area contributed by atoms with Gasteiger partial charge in [0.1, 0.15) is 5.69 Å². The van der Waals surface area contributed by atoms with Gasteiger partial charge in [0.25, 0.3) is 0 Å². The number of hydrogen-bond acceptors (Lipinski definition) is 6. The summed E-state index contributed by atoms with van der Waals surface area (Å²) in [6, 6.07) is 5.22. The molecular formula is C14H15NO5. The normalized spacial score (nSPS) is 10.2. The van der Waals surface area contributed by atoms with Gasteiger partial charge >= 0.3 is 5.97 Å². The second kappa shape index (κ2) is 6.10. The molecule has 106 valence electrons. The second-order valence-electron chi connectivity index (χ2n) is 3.82. The van der Waals surface area contributed by atoms with Crippen LogP contribution in [-0.2, 0) is 4.74 Å². The molecule has 0 radical (unpaired) electrons. The summed E-state index contributed by atoms with van der Waals surface area (Å²) in [5.74, 6) is 0.661. The van der Waals surface area contributed by atoms with Crippen LogP contribution in [0.1, 0.15) is 17.5 Å². The van der Waals surface area contributed by atoms with E-state index in [1.165, 1.54) is 13.5 Å². The zero-order valence-corrected chi connectivity index (χ0v) is 11.5. The van der Waals surface area contributed by atoms with Crippen molar-refractivity contribution >= 4 is 5.97 Å². The molecule has 6 nitrogen and oxygen atoms in total. The van der Waals surface area contributed by atoms with E-state index in [0.717, 1.165) is 0 Å². The third-order valence-electron chi connectivity index (χ3n) is 2.69.